The molecule has 0 aliphatic heterocycles. The molecule has 1 aromatic carbocycles. The minimum Gasteiger partial charge on any atom is -0.398 e. The molecule has 1 rings (SSSR count). The Morgan fingerprint density at radius 3 is 2.56 bits per heavy atom. The van der Waals surface area contributed by atoms with Crippen LogP contribution >= 0.6 is 11.6 Å². The van der Waals surface area contributed by atoms with Gasteiger partial charge in [0.05, 0.1) is 5.69 Å². The van der Waals surface area contributed by atoms with E-state index in [1.165, 1.54) is 16.4 Å². The van der Waals surface area contributed by atoms with Gasteiger partial charge in [-0.3, -0.25) is 0 Å². The average Bonchev–Trinajstić information content (AvgIpc) is 2.28. The highest BCUT2D eigenvalue weighted by Gasteiger charge is 2.23. The number of benzene rings is 1. The molecule has 0 radical (unpaired) electrons. The predicted octanol–water partition coefficient (Wildman–Crippen LogP) is 2.59. The first kappa shape index (κ1) is 15.3. The summed E-state index contributed by atoms with van der Waals surface area (Å²) >= 11 is 5.82. The lowest BCUT2D eigenvalue weighted by molar-refractivity contribution is 0.428. The van der Waals surface area contributed by atoms with Gasteiger partial charge in [0.1, 0.15) is 4.90 Å². The second-order valence-corrected chi connectivity index (χ2v) is 7.14. The molecule has 0 bridgehead atoms. The molecule has 1 aromatic rings. The van der Waals surface area contributed by atoms with Crippen LogP contribution in [0.2, 0.25) is 5.02 Å². The highest BCUT2D eigenvalue weighted by molar-refractivity contribution is 7.89. The van der Waals surface area contributed by atoms with E-state index in [1.54, 1.807) is 13.1 Å². The van der Waals surface area contributed by atoms with Crippen LogP contribution < -0.4 is 5.73 Å². The first-order valence-electron chi connectivity index (χ1n) is 5.76. The Labute approximate surface area is 114 Å². The summed E-state index contributed by atoms with van der Waals surface area (Å²) in [5.74, 6) is 0.444. The molecule has 0 amide bonds. The molecule has 0 aliphatic rings. The van der Waals surface area contributed by atoms with E-state index in [-0.39, 0.29) is 10.6 Å². The van der Waals surface area contributed by atoms with Gasteiger partial charge in [0, 0.05) is 18.6 Å². The van der Waals surface area contributed by atoms with Crippen LogP contribution in [0.1, 0.15) is 20.3 Å². The Morgan fingerprint density at radius 1 is 1.39 bits per heavy atom. The fourth-order valence-corrected chi connectivity index (χ4v) is 3.02. The summed E-state index contributed by atoms with van der Waals surface area (Å²) in [6.45, 7) is 4.56. The number of nitrogens with zero attached hydrogens (tertiary/aromatic N) is 1. The quantitative estimate of drug-likeness (QED) is 0.848. The molecule has 0 saturated carbocycles. The van der Waals surface area contributed by atoms with Gasteiger partial charge in [0.25, 0.3) is 0 Å². The molecule has 0 fully saturated rings. The summed E-state index contributed by atoms with van der Waals surface area (Å²) in [7, 11) is -2.01. The Morgan fingerprint density at radius 2 is 2.00 bits per heavy atom. The smallest absolute Gasteiger partial charge is 0.244 e. The molecule has 6 heteroatoms. The van der Waals surface area contributed by atoms with Crippen molar-refractivity contribution in [1.82, 2.24) is 4.31 Å². The molecule has 2 N–H and O–H groups in total. The van der Waals surface area contributed by atoms with Crippen molar-refractivity contribution in [2.75, 3.05) is 19.3 Å². The van der Waals surface area contributed by atoms with Crippen LogP contribution in [0.15, 0.2) is 23.1 Å². The monoisotopic (exact) mass is 290 g/mol. The van der Waals surface area contributed by atoms with Crippen LogP contribution in [0, 0.1) is 5.92 Å². The number of hydrogen-bond donors (Lipinski definition) is 1. The zero-order chi connectivity index (χ0) is 13.9. The van der Waals surface area contributed by atoms with Crippen molar-refractivity contribution in [2.24, 2.45) is 5.92 Å². The summed E-state index contributed by atoms with van der Waals surface area (Å²) in [6, 6.07) is 4.47. The maximum absolute atomic E-state index is 12.3. The number of hydrogen-bond acceptors (Lipinski definition) is 3. The van der Waals surface area contributed by atoms with E-state index in [0.717, 1.165) is 6.42 Å². The van der Waals surface area contributed by atoms with Crippen molar-refractivity contribution in [1.29, 1.82) is 0 Å². The van der Waals surface area contributed by atoms with Gasteiger partial charge in [-0.15, -0.1) is 0 Å². The van der Waals surface area contributed by atoms with E-state index >= 15 is 0 Å². The third kappa shape index (κ3) is 3.60. The highest BCUT2D eigenvalue weighted by Crippen LogP contribution is 2.25. The largest absolute Gasteiger partial charge is 0.398 e. The van der Waals surface area contributed by atoms with Gasteiger partial charge >= 0.3 is 0 Å². The number of anilines is 1. The van der Waals surface area contributed by atoms with Gasteiger partial charge in [0.15, 0.2) is 0 Å². The van der Waals surface area contributed by atoms with Crippen molar-refractivity contribution >= 4 is 27.3 Å². The summed E-state index contributed by atoms with van der Waals surface area (Å²) in [6.07, 6.45) is 0.802. The van der Waals surface area contributed by atoms with Crippen molar-refractivity contribution in [2.45, 2.75) is 25.2 Å². The number of sulfonamides is 1. The average molecular weight is 291 g/mol. The normalized spacial score (nSPS) is 12.3. The van der Waals surface area contributed by atoms with Crippen molar-refractivity contribution < 1.29 is 8.42 Å². The minimum absolute atomic E-state index is 0.0706. The SMILES string of the molecule is CC(C)CCN(C)S(=O)(=O)c1cc(Cl)ccc1N. The predicted molar refractivity (Wildman–Crippen MR) is 75.1 cm³/mol. The minimum atomic E-state index is -3.56. The maximum atomic E-state index is 12.3. The van der Waals surface area contributed by atoms with Gasteiger partial charge in [-0.1, -0.05) is 25.4 Å². The molecule has 0 atom stereocenters. The molecule has 0 heterocycles. The Balaban J connectivity index is 3.02. The van der Waals surface area contributed by atoms with Crippen LogP contribution in [-0.2, 0) is 10.0 Å². The molecular formula is C12H19ClN2O2S. The van der Waals surface area contributed by atoms with Crippen LogP contribution in [0.5, 0.6) is 0 Å². The van der Waals surface area contributed by atoms with Crippen molar-refractivity contribution in [3.63, 3.8) is 0 Å². The Bertz CT molecular complexity index is 515. The van der Waals surface area contributed by atoms with Crippen LogP contribution in [0.25, 0.3) is 0 Å². The molecule has 0 saturated heterocycles. The van der Waals surface area contributed by atoms with E-state index in [1.807, 2.05) is 13.8 Å². The van der Waals surface area contributed by atoms with E-state index < -0.39 is 10.0 Å². The third-order valence-corrected chi connectivity index (χ3v) is 4.83. The van der Waals surface area contributed by atoms with Crippen LogP contribution in [-0.4, -0.2) is 26.3 Å². The second kappa shape index (κ2) is 5.91. The van der Waals surface area contributed by atoms with Crippen molar-refractivity contribution in [3.05, 3.63) is 23.2 Å². The van der Waals surface area contributed by atoms with Crippen molar-refractivity contribution in [3.8, 4) is 0 Å². The maximum Gasteiger partial charge on any atom is 0.244 e. The number of nitrogens with two attached hydrogens (primary N) is 1. The van der Waals surface area contributed by atoms with Gasteiger partial charge in [-0.05, 0) is 30.5 Å². The molecule has 0 aliphatic carbocycles. The van der Waals surface area contributed by atoms with E-state index in [9.17, 15) is 8.42 Å². The van der Waals surface area contributed by atoms with E-state index in [2.05, 4.69) is 0 Å². The van der Waals surface area contributed by atoms with Crippen LogP contribution in [0.4, 0.5) is 5.69 Å². The van der Waals surface area contributed by atoms with E-state index in [0.29, 0.717) is 17.5 Å². The molecule has 102 valence electrons. The summed E-state index contributed by atoms with van der Waals surface area (Å²) in [5.41, 5.74) is 5.92. The summed E-state index contributed by atoms with van der Waals surface area (Å²) in [4.78, 5) is 0.0706. The Hall–Kier alpha value is -0.780. The summed E-state index contributed by atoms with van der Waals surface area (Å²) in [5, 5.41) is 0.361. The highest BCUT2D eigenvalue weighted by atomic mass is 35.5. The third-order valence-electron chi connectivity index (χ3n) is 2.69. The number of rotatable bonds is 5. The lowest BCUT2D eigenvalue weighted by Gasteiger charge is -2.19. The molecule has 18 heavy (non-hydrogen) atoms. The van der Waals surface area contributed by atoms with Gasteiger partial charge in [0.2, 0.25) is 10.0 Å². The van der Waals surface area contributed by atoms with Gasteiger partial charge < -0.3 is 5.73 Å². The second-order valence-electron chi connectivity index (χ2n) is 4.69. The zero-order valence-electron chi connectivity index (χ0n) is 10.9. The van der Waals surface area contributed by atoms with Gasteiger partial charge in [-0.25, -0.2) is 12.7 Å². The first-order valence-corrected chi connectivity index (χ1v) is 7.58. The molecule has 0 aromatic heterocycles. The zero-order valence-corrected chi connectivity index (χ0v) is 12.4. The lowest BCUT2D eigenvalue weighted by Crippen LogP contribution is -2.29. The molecule has 0 unspecified atom stereocenters. The standard InChI is InChI=1S/C12H19ClN2O2S/c1-9(2)6-7-15(3)18(16,17)12-8-10(13)4-5-11(12)14/h4-5,8-9H,6-7,14H2,1-3H3. The molecular weight excluding hydrogens is 272 g/mol. The Kier molecular flexibility index (Phi) is 5.01. The van der Waals surface area contributed by atoms with Gasteiger partial charge in [-0.2, -0.15) is 0 Å². The van der Waals surface area contributed by atoms with E-state index in [4.69, 9.17) is 17.3 Å². The molecule has 0 spiro atoms. The molecule has 4 nitrogen and oxygen atoms in total. The topological polar surface area (TPSA) is 63.4 Å². The number of nitrogen functional groups attached to an aromatic ring is 1. The fraction of sp³-hybridized carbons (Fsp3) is 0.500. The first-order chi connectivity index (χ1) is 8.25. The fourth-order valence-electron chi connectivity index (χ4n) is 1.46. The summed E-state index contributed by atoms with van der Waals surface area (Å²) < 4.78 is 25.9. The lowest BCUT2D eigenvalue weighted by atomic mass is 10.1. The number of halogens is 1. The van der Waals surface area contributed by atoms with Crippen LogP contribution in [0.3, 0.4) is 0 Å².